The molecule has 1 amide bonds. The Bertz CT molecular complexity index is 1370. The Balaban J connectivity index is 1.46. The minimum atomic E-state index is -0.153. The molecule has 3 aromatic carbocycles. The molecule has 0 fully saturated rings. The molecule has 0 atom stereocenters. The third-order valence-corrected chi connectivity index (χ3v) is 6.51. The number of nitrogens with zero attached hydrogens (tertiary/aromatic N) is 2. The van der Waals surface area contributed by atoms with Gasteiger partial charge in [0, 0.05) is 28.3 Å². The minimum absolute atomic E-state index is 0.153. The van der Waals surface area contributed by atoms with Crippen LogP contribution in [0.1, 0.15) is 11.1 Å². The summed E-state index contributed by atoms with van der Waals surface area (Å²) in [4.78, 5) is 22.1. The Morgan fingerprint density at radius 1 is 1.09 bits per heavy atom. The minimum Gasteiger partial charge on any atom is -0.493 e. The van der Waals surface area contributed by atoms with E-state index in [1.807, 2.05) is 48.5 Å². The van der Waals surface area contributed by atoms with Crippen LogP contribution in [0.5, 0.6) is 17.4 Å². The summed E-state index contributed by atoms with van der Waals surface area (Å²) in [5.41, 5.74) is 3.34. The fourth-order valence-electron chi connectivity index (χ4n) is 3.68. The van der Waals surface area contributed by atoms with Crippen LogP contribution in [0.3, 0.4) is 0 Å². The first-order valence-electron chi connectivity index (χ1n) is 10.6. The molecular formula is C26H20ClN3O3S. The number of para-hydroxylation sites is 1. The van der Waals surface area contributed by atoms with Crippen molar-refractivity contribution in [2.24, 2.45) is 0 Å². The van der Waals surface area contributed by atoms with E-state index < -0.39 is 0 Å². The van der Waals surface area contributed by atoms with Crippen LogP contribution < -0.4 is 14.8 Å². The van der Waals surface area contributed by atoms with Crippen molar-refractivity contribution in [3.8, 4) is 28.8 Å². The summed E-state index contributed by atoms with van der Waals surface area (Å²) in [5.74, 6) is 2.34. The monoisotopic (exact) mass is 489 g/mol. The number of hydrogen-bond donors (Lipinski definition) is 1. The van der Waals surface area contributed by atoms with Crippen molar-refractivity contribution in [1.29, 1.82) is 0 Å². The highest BCUT2D eigenvalue weighted by Crippen LogP contribution is 2.44. The maximum atomic E-state index is 12.6. The second-order valence-electron chi connectivity index (χ2n) is 7.58. The molecule has 0 saturated carbocycles. The first-order chi connectivity index (χ1) is 16.6. The number of amides is 1. The number of halogens is 1. The molecule has 4 aromatic rings. The second kappa shape index (κ2) is 9.75. The Labute approximate surface area is 206 Å². The molecule has 5 rings (SSSR count). The molecule has 1 aliphatic heterocycles. The number of ether oxygens (including phenoxy) is 2. The number of anilines is 1. The third-order valence-electron chi connectivity index (χ3n) is 5.26. The van der Waals surface area contributed by atoms with Gasteiger partial charge in [0.2, 0.25) is 11.8 Å². The number of fused-ring (bicyclic) bond motifs is 2. The zero-order valence-electron chi connectivity index (χ0n) is 18.2. The number of benzene rings is 3. The quantitative estimate of drug-likeness (QED) is 0.225. The second-order valence-corrected chi connectivity index (χ2v) is 8.98. The number of nitrogens with one attached hydrogen (secondary N) is 1. The van der Waals surface area contributed by atoms with Crippen LogP contribution in [0, 0.1) is 0 Å². The number of hydrogen-bond acceptors (Lipinski definition) is 6. The predicted molar refractivity (Wildman–Crippen MR) is 134 cm³/mol. The van der Waals surface area contributed by atoms with Crippen LogP contribution >= 0.6 is 23.4 Å². The van der Waals surface area contributed by atoms with E-state index in [1.54, 1.807) is 31.4 Å². The molecule has 0 bridgehead atoms. The number of rotatable bonds is 6. The average molecular weight is 490 g/mol. The zero-order chi connectivity index (χ0) is 23.5. The lowest BCUT2D eigenvalue weighted by Gasteiger charge is -2.23. The molecule has 1 N–H and O–H groups in total. The average Bonchev–Trinajstić information content (AvgIpc) is 2.86. The van der Waals surface area contributed by atoms with E-state index >= 15 is 0 Å². The number of methoxy groups -OCH3 is 1. The van der Waals surface area contributed by atoms with Crippen molar-refractivity contribution in [2.75, 3.05) is 18.2 Å². The normalized spacial score (nSPS) is 11.7. The lowest BCUT2D eigenvalue weighted by molar-refractivity contribution is -0.113. The Kier molecular flexibility index (Phi) is 6.38. The van der Waals surface area contributed by atoms with Crippen molar-refractivity contribution < 1.29 is 14.3 Å². The van der Waals surface area contributed by atoms with Crippen molar-refractivity contribution >= 4 is 35.0 Å². The van der Waals surface area contributed by atoms with Gasteiger partial charge in [-0.15, -0.1) is 0 Å². The smallest absolute Gasteiger partial charge is 0.234 e. The number of carbonyl (C=O) groups is 1. The van der Waals surface area contributed by atoms with Crippen molar-refractivity contribution in [3.63, 3.8) is 0 Å². The lowest BCUT2D eigenvalue weighted by atomic mass is 10.0. The van der Waals surface area contributed by atoms with Gasteiger partial charge in [0.1, 0.15) is 5.03 Å². The molecule has 1 aliphatic rings. The SMILES string of the molecule is COc1cccc2c1Oc1nc(-c3ccccc3)nc(SCC(=O)Nc3cccc(Cl)c3)c1C2. The van der Waals surface area contributed by atoms with E-state index in [1.165, 1.54) is 11.8 Å². The molecule has 1 aromatic heterocycles. The molecule has 8 heteroatoms. The van der Waals surface area contributed by atoms with Crippen molar-refractivity contribution in [2.45, 2.75) is 11.4 Å². The predicted octanol–water partition coefficient (Wildman–Crippen LogP) is 6.23. The van der Waals surface area contributed by atoms with Crippen molar-refractivity contribution in [3.05, 3.63) is 88.9 Å². The summed E-state index contributed by atoms with van der Waals surface area (Å²) in [5, 5.41) is 4.15. The summed E-state index contributed by atoms with van der Waals surface area (Å²) in [6, 6.07) is 22.5. The molecule has 0 unspecified atom stereocenters. The van der Waals surface area contributed by atoms with Gasteiger partial charge in [-0.1, -0.05) is 71.9 Å². The van der Waals surface area contributed by atoms with E-state index in [0.717, 1.165) is 16.7 Å². The summed E-state index contributed by atoms with van der Waals surface area (Å²) in [6.07, 6.45) is 0.579. The maximum Gasteiger partial charge on any atom is 0.234 e. The number of carbonyl (C=O) groups excluding carboxylic acids is 1. The van der Waals surface area contributed by atoms with Gasteiger partial charge in [0.25, 0.3) is 0 Å². The van der Waals surface area contributed by atoms with E-state index in [9.17, 15) is 4.79 Å². The first kappa shape index (κ1) is 22.3. The van der Waals surface area contributed by atoms with Gasteiger partial charge in [-0.25, -0.2) is 4.98 Å². The third kappa shape index (κ3) is 4.71. The molecule has 0 aliphatic carbocycles. The van der Waals surface area contributed by atoms with Crippen LogP contribution in [0.4, 0.5) is 5.69 Å². The standard InChI is InChI=1S/C26H20ClN3O3S/c1-32-21-12-5-9-17-13-20-25(33-23(17)21)29-24(16-7-3-2-4-8-16)30-26(20)34-15-22(31)28-19-11-6-10-18(27)14-19/h2-12,14H,13,15H2,1H3,(H,28,31). The highest BCUT2D eigenvalue weighted by molar-refractivity contribution is 8.00. The largest absolute Gasteiger partial charge is 0.493 e. The summed E-state index contributed by atoms with van der Waals surface area (Å²) < 4.78 is 11.7. The van der Waals surface area contributed by atoms with Crippen LogP contribution in [-0.4, -0.2) is 28.7 Å². The highest BCUT2D eigenvalue weighted by atomic mass is 35.5. The topological polar surface area (TPSA) is 73.3 Å². The summed E-state index contributed by atoms with van der Waals surface area (Å²) in [7, 11) is 1.61. The van der Waals surface area contributed by atoms with E-state index in [-0.39, 0.29) is 11.7 Å². The first-order valence-corrected chi connectivity index (χ1v) is 12.0. The molecule has 0 spiro atoms. The van der Waals surface area contributed by atoms with Crippen molar-refractivity contribution in [1.82, 2.24) is 9.97 Å². The number of thioether (sulfide) groups is 1. The fraction of sp³-hybridized carbons (Fsp3) is 0.115. The molecule has 0 radical (unpaired) electrons. The van der Waals surface area contributed by atoms with E-state index in [2.05, 4.69) is 5.32 Å². The summed E-state index contributed by atoms with van der Waals surface area (Å²) in [6.45, 7) is 0. The van der Waals surface area contributed by atoms with Crippen LogP contribution in [-0.2, 0) is 11.2 Å². The van der Waals surface area contributed by atoms with Crippen LogP contribution in [0.2, 0.25) is 5.02 Å². The van der Waals surface area contributed by atoms with E-state index in [4.69, 9.17) is 31.0 Å². The lowest BCUT2D eigenvalue weighted by Crippen LogP contribution is -2.15. The highest BCUT2D eigenvalue weighted by Gasteiger charge is 2.26. The Hall–Kier alpha value is -3.55. The molecule has 6 nitrogen and oxygen atoms in total. The van der Waals surface area contributed by atoms with Gasteiger partial charge < -0.3 is 14.8 Å². The number of aromatic nitrogens is 2. The molecule has 34 heavy (non-hydrogen) atoms. The van der Waals surface area contributed by atoms with Gasteiger partial charge in [0.15, 0.2) is 17.3 Å². The van der Waals surface area contributed by atoms with E-state index in [0.29, 0.717) is 45.4 Å². The molecule has 2 heterocycles. The molecule has 170 valence electrons. The van der Waals surface area contributed by atoms with Gasteiger partial charge in [-0.2, -0.15) is 4.98 Å². The Morgan fingerprint density at radius 2 is 1.91 bits per heavy atom. The zero-order valence-corrected chi connectivity index (χ0v) is 19.8. The Morgan fingerprint density at radius 3 is 2.71 bits per heavy atom. The van der Waals surface area contributed by atoms with Crippen LogP contribution in [0.15, 0.2) is 77.8 Å². The maximum absolute atomic E-state index is 12.6. The summed E-state index contributed by atoms with van der Waals surface area (Å²) >= 11 is 7.38. The van der Waals surface area contributed by atoms with Gasteiger partial charge in [0.05, 0.1) is 18.4 Å². The van der Waals surface area contributed by atoms with Gasteiger partial charge >= 0.3 is 0 Å². The molecule has 0 saturated heterocycles. The van der Waals surface area contributed by atoms with Gasteiger partial charge in [-0.05, 0) is 24.3 Å². The molecular weight excluding hydrogens is 470 g/mol. The fourth-order valence-corrected chi connectivity index (χ4v) is 4.69. The van der Waals surface area contributed by atoms with Crippen LogP contribution in [0.25, 0.3) is 11.4 Å². The van der Waals surface area contributed by atoms with Gasteiger partial charge in [-0.3, -0.25) is 4.79 Å².